The standard InChI is InChI=1S/C12H12FN3O3/c13-10-2-8(4-14)1-9(3-10)5-16(6-11(15)17)7-12(18)19/h1-3H,5-7H2,(H2,15,17)(H,18,19). The number of carbonyl (C=O) groups excluding carboxylic acids is 1. The average Bonchev–Trinajstić information content (AvgIpc) is 2.26. The van der Waals surface area contributed by atoms with Crippen molar-refractivity contribution in [2.75, 3.05) is 13.1 Å². The van der Waals surface area contributed by atoms with E-state index in [0.29, 0.717) is 5.56 Å². The fourth-order valence-corrected chi connectivity index (χ4v) is 1.64. The summed E-state index contributed by atoms with van der Waals surface area (Å²) in [7, 11) is 0. The minimum absolute atomic E-state index is 0.0156. The van der Waals surface area contributed by atoms with E-state index in [1.54, 1.807) is 6.07 Å². The molecule has 1 aromatic carbocycles. The van der Waals surface area contributed by atoms with Crippen LogP contribution >= 0.6 is 0 Å². The van der Waals surface area contributed by atoms with Crippen molar-refractivity contribution in [1.82, 2.24) is 4.90 Å². The zero-order valence-corrected chi connectivity index (χ0v) is 9.97. The van der Waals surface area contributed by atoms with Crippen molar-refractivity contribution in [3.05, 3.63) is 35.1 Å². The predicted molar refractivity (Wildman–Crippen MR) is 63.2 cm³/mol. The summed E-state index contributed by atoms with van der Waals surface area (Å²) < 4.78 is 13.2. The molecule has 0 aromatic heterocycles. The first kappa shape index (κ1) is 14.6. The lowest BCUT2D eigenvalue weighted by Gasteiger charge is -2.18. The number of amides is 1. The van der Waals surface area contributed by atoms with Crippen molar-refractivity contribution in [2.45, 2.75) is 6.54 Å². The van der Waals surface area contributed by atoms with Gasteiger partial charge in [-0.05, 0) is 23.8 Å². The van der Waals surface area contributed by atoms with E-state index in [4.69, 9.17) is 16.1 Å². The Bertz CT molecular complexity index is 524. The van der Waals surface area contributed by atoms with Gasteiger partial charge in [-0.25, -0.2) is 4.39 Å². The second-order valence-corrected chi connectivity index (χ2v) is 3.97. The van der Waals surface area contributed by atoms with Crippen LogP contribution in [0.2, 0.25) is 0 Å². The maximum atomic E-state index is 13.2. The van der Waals surface area contributed by atoms with Crippen LogP contribution in [0.1, 0.15) is 11.1 Å². The fourth-order valence-electron chi connectivity index (χ4n) is 1.64. The van der Waals surface area contributed by atoms with Crippen molar-refractivity contribution in [3.8, 4) is 6.07 Å². The number of halogens is 1. The van der Waals surface area contributed by atoms with Gasteiger partial charge in [-0.1, -0.05) is 0 Å². The van der Waals surface area contributed by atoms with Crippen LogP contribution in [0.5, 0.6) is 0 Å². The Morgan fingerprint density at radius 2 is 2.05 bits per heavy atom. The zero-order valence-electron chi connectivity index (χ0n) is 9.97. The number of rotatable bonds is 6. The van der Waals surface area contributed by atoms with E-state index in [0.717, 1.165) is 6.07 Å². The first-order chi connectivity index (χ1) is 8.90. The first-order valence-corrected chi connectivity index (χ1v) is 5.32. The lowest BCUT2D eigenvalue weighted by molar-refractivity contribution is -0.138. The molecule has 3 N–H and O–H groups in total. The summed E-state index contributed by atoms with van der Waals surface area (Å²) in [6.45, 7) is -0.645. The fraction of sp³-hybridized carbons (Fsp3) is 0.250. The summed E-state index contributed by atoms with van der Waals surface area (Å²) in [6, 6.07) is 5.47. The summed E-state index contributed by atoms with van der Waals surface area (Å²) in [5.74, 6) is -2.40. The lowest BCUT2D eigenvalue weighted by Crippen LogP contribution is -2.36. The van der Waals surface area contributed by atoms with E-state index in [-0.39, 0.29) is 18.7 Å². The molecule has 0 atom stereocenters. The van der Waals surface area contributed by atoms with Crippen molar-refractivity contribution in [2.24, 2.45) is 5.73 Å². The highest BCUT2D eigenvalue weighted by molar-refractivity contribution is 5.77. The number of benzene rings is 1. The Kier molecular flexibility index (Phi) is 4.97. The summed E-state index contributed by atoms with van der Waals surface area (Å²) in [4.78, 5) is 22.7. The van der Waals surface area contributed by atoms with Crippen molar-refractivity contribution in [1.29, 1.82) is 5.26 Å². The molecule has 0 spiro atoms. The molecule has 6 nitrogen and oxygen atoms in total. The molecule has 100 valence electrons. The van der Waals surface area contributed by atoms with Crippen LogP contribution in [0.15, 0.2) is 18.2 Å². The molecule has 0 heterocycles. The Morgan fingerprint density at radius 1 is 1.37 bits per heavy atom. The van der Waals surface area contributed by atoms with Gasteiger partial charge in [0, 0.05) is 6.54 Å². The van der Waals surface area contributed by atoms with Crippen LogP contribution < -0.4 is 5.73 Å². The van der Waals surface area contributed by atoms with Gasteiger partial charge in [0.15, 0.2) is 0 Å². The molecule has 1 rings (SSSR count). The number of hydrogen-bond donors (Lipinski definition) is 2. The zero-order chi connectivity index (χ0) is 14.4. The monoisotopic (exact) mass is 265 g/mol. The SMILES string of the molecule is N#Cc1cc(F)cc(CN(CC(N)=O)CC(=O)O)c1. The van der Waals surface area contributed by atoms with Crippen LogP contribution in [0, 0.1) is 17.1 Å². The number of nitriles is 1. The van der Waals surface area contributed by atoms with E-state index in [1.807, 2.05) is 0 Å². The summed E-state index contributed by atoms with van der Waals surface area (Å²) in [5.41, 5.74) is 5.54. The van der Waals surface area contributed by atoms with Crippen molar-refractivity contribution < 1.29 is 19.1 Å². The van der Waals surface area contributed by atoms with Gasteiger partial charge in [0.2, 0.25) is 5.91 Å². The van der Waals surface area contributed by atoms with E-state index >= 15 is 0 Å². The normalized spacial score (nSPS) is 10.2. The smallest absolute Gasteiger partial charge is 0.317 e. The van der Waals surface area contributed by atoms with Crippen LogP contribution in [-0.4, -0.2) is 35.0 Å². The Hall–Kier alpha value is -2.46. The molecule has 0 aliphatic heterocycles. The topological polar surface area (TPSA) is 107 Å². The third-order valence-corrected chi connectivity index (χ3v) is 2.23. The third kappa shape index (κ3) is 5.14. The number of nitrogens with two attached hydrogens (primary N) is 1. The largest absolute Gasteiger partial charge is 0.480 e. The molecule has 0 bridgehead atoms. The van der Waals surface area contributed by atoms with Gasteiger partial charge in [-0.15, -0.1) is 0 Å². The molecule has 0 saturated carbocycles. The highest BCUT2D eigenvalue weighted by Gasteiger charge is 2.13. The molecule has 19 heavy (non-hydrogen) atoms. The van der Waals surface area contributed by atoms with Gasteiger partial charge >= 0.3 is 5.97 Å². The average molecular weight is 265 g/mol. The Morgan fingerprint density at radius 3 is 2.58 bits per heavy atom. The number of carboxylic acid groups (broad SMARTS) is 1. The van der Waals surface area contributed by atoms with Gasteiger partial charge in [-0.2, -0.15) is 5.26 Å². The highest BCUT2D eigenvalue weighted by Crippen LogP contribution is 2.11. The molecule has 0 radical (unpaired) electrons. The lowest BCUT2D eigenvalue weighted by atomic mass is 10.1. The first-order valence-electron chi connectivity index (χ1n) is 5.32. The maximum Gasteiger partial charge on any atom is 0.317 e. The molecule has 0 aliphatic rings. The molecule has 0 saturated heterocycles. The van der Waals surface area contributed by atoms with E-state index < -0.39 is 24.2 Å². The minimum atomic E-state index is -1.13. The van der Waals surface area contributed by atoms with Crippen LogP contribution in [-0.2, 0) is 16.1 Å². The van der Waals surface area contributed by atoms with Gasteiger partial charge in [0.05, 0.1) is 24.7 Å². The quantitative estimate of drug-likeness (QED) is 0.756. The molecule has 0 fully saturated rings. The van der Waals surface area contributed by atoms with Crippen molar-refractivity contribution >= 4 is 11.9 Å². The number of hydrogen-bond acceptors (Lipinski definition) is 4. The second-order valence-electron chi connectivity index (χ2n) is 3.97. The molecule has 1 aromatic rings. The highest BCUT2D eigenvalue weighted by atomic mass is 19.1. The molecule has 0 unspecified atom stereocenters. The summed E-state index contributed by atoms with van der Waals surface area (Å²) in [6.07, 6.45) is 0. The molecular weight excluding hydrogens is 253 g/mol. The van der Waals surface area contributed by atoms with Crippen LogP contribution in [0.25, 0.3) is 0 Å². The van der Waals surface area contributed by atoms with Gasteiger partial charge in [0.25, 0.3) is 0 Å². The van der Waals surface area contributed by atoms with Crippen LogP contribution in [0.3, 0.4) is 0 Å². The number of primary amides is 1. The summed E-state index contributed by atoms with van der Waals surface area (Å²) >= 11 is 0. The summed E-state index contributed by atoms with van der Waals surface area (Å²) in [5, 5.41) is 17.4. The van der Waals surface area contributed by atoms with E-state index in [1.165, 1.54) is 17.0 Å². The number of aliphatic carboxylic acids is 1. The molecular formula is C12H12FN3O3. The van der Waals surface area contributed by atoms with E-state index in [2.05, 4.69) is 0 Å². The molecule has 0 aliphatic carbocycles. The second kappa shape index (κ2) is 6.47. The van der Waals surface area contributed by atoms with Gasteiger partial charge in [-0.3, -0.25) is 14.5 Å². The molecule has 7 heteroatoms. The minimum Gasteiger partial charge on any atom is -0.480 e. The predicted octanol–water partition coefficient (Wildman–Crippen LogP) is 0.0693. The third-order valence-electron chi connectivity index (χ3n) is 2.23. The van der Waals surface area contributed by atoms with Crippen molar-refractivity contribution in [3.63, 3.8) is 0 Å². The Labute approximate surface area is 108 Å². The van der Waals surface area contributed by atoms with E-state index in [9.17, 15) is 14.0 Å². The number of carbonyl (C=O) groups is 2. The van der Waals surface area contributed by atoms with Gasteiger partial charge < -0.3 is 10.8 Å². The Balaban J connectivity index is 2.89. The number of nitrogens with zero attached hydrogens (tertiary/aromatic N) is 2. The van der Waals surface area contributed by atoms with Crippen LogP contribution in [0.4, 0.5) is 4.39 Å². The number of carboxylic acids is 1. The molecule has 1 amide bonds. The maximum absolute atomic E-state index is 13.2. The van der Waals surface area contributed by atoms with Gasteiger partial charge in [0.1, 0.15) is 5.82 Å².